The molecule has 0 radical (unpaired) electrons. The molecule has 6 atom stereocenters. The van der Waals surface area contributed by atoms with Crippen molar-refractivity contribution in [2.24, 2.45) is 29.1 Å². The van der Waals surface area contributed by atoms with Crippen LogP contribution in [0.1, 0.15) is 128 Å². The Kier molecular flexibility index (Phi) is 12.2. The summed E-state index contributed by atoms with van der Waals surface area (Å²) in [5.41, 5.74) is -0.460. The number of hydrogen-bond donors (Lipinski definition) is 2. The highest BCUT2D eigenvalue weighted by atomic mass is 16.2. The number of carbonyl (C=O) groups is 5. The molecule has 6 unspecified atom stereocenters. The normalized spacial score (nSPS) is 24.6. The lowest BCUT2D eigenvalue weighted by Crippen LogP contribution is -2.66. The van der Waals surface area contributed by atoms with Crippen molar-refractivity contribution in [1.82, 2.24) is 25.5 Å². The number of ketones is 1. The van der Waals surface area contributed by atoms with E-state index in [1.54, 1.807) is 19.0 Å². The van der Waals surface area contributed by atoms with E-state index in [0.717, 1.165) is 77.0 Å². The molecule has 11 heteroatoms. The van der Waals surface area contributed by atoms with Gasteiger partial charge in [-0.05, 0) is 68.1 Å². The fourth-order valence-corrected chi connectivity index (χ4v) is 9.17. The molecule has 2 N–H and O–H groups in total. The minimum atomic E-state index is -0.891. The third kappa shape index (κ3) is 8.80. The molecule has 0 spiro atoms. The molecule has 11 nitrogen and oxygen atoms in total. The summed E-state index contributed by atoms with van der Waals surface area (Å²) in [5, 5.41) is 6.26. The number of fused-ring (bicyclic) bond motifs is 1. The SMILES string of the molecule is CCCC(CC(=O)NC1CC1)CC(=O)C1C2CCCC2CN1C(=O)C(NC(=O)C(C1CCCCC1)[N+](C)(C)C(=O)c1cnccn1)C(C)(C)C. The maximum Gasteiger partial charge on any atom is 0.366 e. The molecule has 3 saturated carbocycles. The van der Waals surface area contributed by atoms with Crippen molar-refractivity contribution >= 4 is 29.4 Å². The number of carbonyl (C=O) groups excluding carboxylic acids is 5. The standard InChI is InChI=1S/C39H60N6O5/c1-7-12-25(22-32(47)42-28-17-18-28)21-31(46)33-29-16-11-15-27(29)24-44(33)37(49)35(39(2,3)4)43-36(48)34(26-13-9-8-10-14-26)45(5,6)38(50)30-23-40-19-20-41-30/h19-20,23,25-29,33-35H,7-18,21-22,24H2,1-6H3,(H-,42,43,47,48)/p+1. The highest BCUT2D eigenvalue weighted by Gasteiger charge is 2.53. The molecular weight excluding hydrogens is 632 g/mol. The number of rotatable bonds is 14. The Morgan fingerprint density at radius 1 is 0.940 bits per heavy atom. The monoisotopic (exact) mass is 693 g/mol. The lowest BCUT2D eigenvalue weighted by atomic mass is 9.80. The molecule has 1 saturated heterocycles. The first-order valence-corrected chi connectivity index (χ1v) is 19.3. The minimum Gasteiger partial charge on any atom is -0.353 e. The van der Waals surface area contributed by atoms with Crippen molar-refractivity contribution in [2.45, 2.75) is 142 Å². The smallest absolute Gasteiger partial charge is 0.353 e. The van der Waals surface area contributed by atoms with Gasteiger partial charge >= 0.3 is 5.91 Å². The maximum absolute atomic E-state index is 14.8. The quantitative estimate of drug-likeness (QED) is 0.266. The van der Waals surface area contributed by atoms with E-state index >= 15 is 0 Å². The third-order valence-corrected chi connectivity index (χ3v) is 11.9. The van der Waals surface area contributed by atoms with Crippen LogP contribution in [0.5, 0.6) is 0 Å². The molecular formula is C39H61N6O5+. The maximum atomic E-state index is 14.8. The molecule has 3 aliphatic carbocycles. The van der Waals surface area contributed by atoms with Gasteiger partial charge in [0.25, 0.3) is 5.91 Å². The number of amides is 4. The number of quaternary nitrogens is 1. The second kappa shape index (κ2) is 16.0. The van der Waals surface area contributed by atoms with Gasteiger partial charge in [-0.1, -0.05) is 59.8 Å². The summed E-state index contributed by atoms with van der Waals surface area (Å²) in [4.78, 5) is 80.5. The van der Waals surface area contributed by atoms with Crippen LogP contribution in [-0.4, -0.2) is 93.6 Å². The minimum absolute atomic E-state index is 0.0130. The molecule has 1 aromatic rings. The van der Waals surface area contributed by atoms with E-state index in [2.05, 4.69) is 27.5 Å². The number of hydrogen-bond acceptors (Lipinski definition) is 7. The van der Waals surface area contributed by atoms with Gasteiger partial charge in [0.15, 0.2) is 17.5 Å². The number of nitrogens with zero attached hydrogens (tertiary/aromatic N) is 4. The van der Waals surface area contributed by atoms with Crippen molar-refractivity contribution in [3.63, 3.8) is 0 Å². The molecule has 50 heavy (non-hydrogen) atoms. The Morgan fingerprint density at radius 2 is 1.66 bits per heavy atom. The van der Waals surface area contributed by atoms with Crippen molar-refractivity contribution in [3.05, 3.63) is 24.3 Å². The molecule has 0 aromatic carbocycles. The van der Waals surface area contributed by atoms with Gasteiger partial charge in [-0.2, -0.15) is 0 Å². The van der Waals surface area contributed by atoms with Crippen LogP contribution in [0.3, 0.4) is 0 Å². The first-order chi connectivity index (χ1) is 23.7. The van der Waals surface area contributed by atoms with Crippen LogP contribution in [0.25, 0.3) is 0 Å². The van der Waals surface area contributed by atoms with Crippen LogP contribution in [-0.2, 0) is 19.2 Å². The number of likely N-dealkylation sites (tertiary alicyclic amines) is 1. The molecule has 1 aliphatic heterocycles. The topological polar surface area (TPSA) is 138 Å². The first-order valence-electron chi connectivity index (χ1n) is 19.3. The van der Waals surface area contributed by atoms with Crippen molar-refractivity contribution in [3.8, 4) is 0 Å². The van der Waals surface area contributed by atoms with Gasteiger partial charge < -0.3 is 15.5 Å². The van der Waals surface area contributed by atoms with Gasteiger partial charge in [-0.3, -0.25) is 24.2 Å². The van der Waals surface area contributed by atoms with Crippen molar-refractivity contribution in [1.29, 1.82) is 0 Å². The van der Waals surface area contributed by atoms with Crippen LogP contribution in [0.15, 0.2) is 18.6 Å². The van der Waals surface area contributed by atoms with Crippen LogP contribution in [0, 0.1) is 29.1 Å². The summed E-state index contributed by atoms with van der Waals surface area (Å²) in [6, 6.07) is -1.89. The summed E-state index contributed by atoms with van der Waals surface area (Å²) in [6.07, 6.45) is 16.4. The predicted molar refractivity (Wildman–Crippen MR) is 190 cm³/mol. The number of aromatic nitrogens is 2. The Labute approximate surface area is 298 Å². The second-order valence-electron chi connectivity index (χ2n) is 17.2. The van der Waals surface area contributed by atoms with Crippen LogP contribution >= 0.6 is 0 Å². The van der Waals surface area contributed by atoms with Gasteiger partial charge in [0.05, 0.1) is 26.3 Å². The average molecular weight is 694 g/mol. The summed E-state index contributed by atoms with van der Waals surface area (Å²) < 4.78 is -0.234. The zero-order valence-electron chi connectivity index (χ0n) is 31.3. The van der Waals surface area contributed by atoms with E-state index in [1.165, 1.54) is 18.6 Å². The molecule has 4 amide bonds. The van der Waals surface area contributed by atoms with Crippen LogP contribution < -0.4 is 10.6 Å². The summed E-state index contributed by atoms with van der Waals surface area (Å²) in [5.74, 6) is -0.552. The Bertz CT molecular complexity index is 1380. The highest BCUT2D eigenvalue weighted by Crippen LogP contribution is 2.44. The highest BCUT2D eigenvalue weighted by molar-refractivity contribution is 5.96. The Balaban J connectivity index is 1.39. The van der Waals surface area contributed by atoms with E-state index in [0.29, 0.717) is 13.0 Å². The fourth-order valence-electron chi connectivity index (χ4n) is 9.17. The summed E-state index contributed by atoms with van der Waals surface area (Å²) >= 11 is 0. The van der Waals surface area contributed by atoms with Gasteiger partial charge in [0.1, 0.15) is 6.04 Å². The van der Waals surface area contributed by atoms with Gasteiger partial charge in [-0.15, -0.1) is 0 Å². The number of Topliss-reactive ketones (excluding diaryl/α,β-unsaturated/α-hetero) is 1. The van der Waals surface area contributed by atoms with E-state index in [9.17, 15) is 24.0 Å². The van der Waals surface area contributed by atoms with Crippen molar-refractivity contribution in [2.75, 3.05) is 20.6 Å². The summed E-state index contributed by atoms with van der Waals surface area (Å²) in [7, 11) is 3.52. The van der Waals surface area contributed by atoms with Crippen LogP contribution in [0.2, 0.25) is 0 Å². The lowest BCUT2D eigenvalue weighted by molar-refractivity contribution is -0.829. The van der Waals surface area contributed by atoms with E-state index in [-0.39, 0.29) is 75.7 Å². The lowest BCUT2D eigenvalue weighted by Gasteiger charge is -2.42. The molecule has 5 rings (SSSR count). The van der Waals surface area contributed by atoms with E-state index < -0.39 is 23.5 Å². The molecule has 1 aromatic heterocycles. The van der Waals surface area contributed by atoms with E-state index in [4.69, 9.17) is 0 Å². The largest absolute Gasteiger partial charge is 0.366 e. The van der Waals surface area contributed by atoms with Crippen LogP contribution in [0.4, 0.5) is 0 Å². The van der Waals surface area contributed by atoms with Gasteiger partial charge in [0.2, 0.25) is 11.8 Å². The predicted octanol–water partition coefficient (Wildman–Crippen LogP) is 4.84. The summed E-state index contributed by atoms with van der Waals surface area (Å²) in [6.45, 7) is 8.41. The fraction of sp³-hybridized carbons (Fsp3) is 0.769. The first kappa shape index (κ1) is 38.0. The zero-order chi connectivity index (χ0) is 36.2. The average Bonchev–Trinajstić information content (AvgIpc) is 3.63. The molecule has 4 fully saturated rings. The Morgan fingerprint density at radius 3 is 2.28 bits per heavy atom. The molecule has 2 heterocycles. The molecule has 0 bridgehead atoms. The molecule has 4 aliphatic rings. The van der Waals surface area contributed by atoms with Gasteiger partial charge in [-0.25, -0.2) is 14.3 Å². The number of likely N-dealkylation sites (N-methyl/N-ethyl adjacent to an activating group) is 1. The third-order valence-electron chi connectivity index (χ3n) is 11.9. The second-order valence-corrected chi connectivity index (χ2v) is 17.2. The van der Waals surface area contributed by atoms with Crippen molar-refractivity contribution < 1.29 is 28.5 Å². The van der Waals surface area contributed by atoms with E-state index in [1.807, 2.05) is 20.8 Å². The zero-order valence-corrected chi connectivity index (χ0v) is 31.3. The van der Waals surface area contributed by atoms with Gasteiger partial charge in [0, 0.05) is 43.7 Å². The molecule has 276 valence electrons. The number of nitrogens with one attached hydrogen (secondary N) is 2. The Hall–Kier alpha value is -3.21.